The van der Waals surface area contributed by atoms with Crippen molar-refractivity contribution in [2.24, 2.45) is 0 Å². The van der Waals surface area contributed by atoms with Crippen LogP contribution in [0.25, 0.3) is 0 Å². The first-order chi connectivity index (χ1) is 10.3. The van der Waals surface area contributed by atoms with Crippen molar-refractivity contribution in [3.8, 4) is 11.5 Å². The zero-order chi connectivity index (χ0) is 16.3. The van der Waals surface area contributed by atoms with E-state index in [4.69, 9.17) is 9.47 Å². The lowest BCUT2D eigenvalue weighted by Gasteiger charge is -2.21. The van der Waals surface area contributed by atoms with E-state index in [9.17, 15) is 9.18 Å². The number of ketones is 1. The number of hydrogen-bond donors (Lipinski definition) is 0. The highest BCUT2D eigenvalue weighted by Crippen LogP contribution is 2.26. The van der Waals surface area contributed by atoms with Crippen molar-refractivity contribution in [2.45, 2.75) is 26.4 Å². The molecule has 0 atom stereocenters. The van der Waals surface area contributed by atoms with Crippen LogP contribution in [0.15, 0.2) is 42.5 Å². The highest BCUT2D eigenvalue weighted by atomic mass is 19.1. The highest BCUT2D eigenvalue weighted by molar-refractivity contribution is 6.10. The SMILES string of the molecule is COc1cccc(F)c1C(=O)c1ccc(OC(C)(C)C)cc1. The van der Waals surface area contributed by atoms with Gasteiger partial charge in [-0.2, -0.15) is 0 Å². The minimum atomic E-state index is -0.598. The molecule has 0 amide bonds. The molecule has 0 aliphatic carbocycles. The average molecular weight is 302 g/mol. The van der Waals surface area contributed by atoms with Crippen molar-refractivity contribution in [1.29, 1.82) is 0 Å². The summed E-state index contributed by atoms with van der Waals surface area (Å²) in [4.78, 5) is 12.5. The Morgan fingerprint density at radius 2 is 1.68 bits per heavy atom. The molecule has 0 heterocycles. The van der Waals surface area contributed by atoms with Gasteiger partial charge in [0.1, 0.15) is 28.5 Å². The summed E-state index contributed by atoms with van der Waals surface area (Å²) in [5, 5.41) is 0. The maximum atomic E-state index is 13.9. The Morgan fingerprint density at radius 1 is 1.05 bits per heavy atom. The largest absolute Gasteiger partial charge is 0.496 e. The van der Waals surface area contributed by atoms with Crippen molar-refractivity contribution in [3.63, 3.8) is 0 Å². The third kappa shape index (κ3) is 3.64. The summed E-state index contributed by atoms with van der Waals surface area (Å²) in [6, 6.07) is 11.0. The standard InChI is InChI=1S/C18H19FO3/c1-18(2,3)22-13-10-8-12(9-11-13)17(20)16-14(19)6-5-7-15(16)21-4/h5-11H,1-4H3. The molecule has 3 nitrogen and oxygen atoms in total. The second-order valence-electron chi connectivity index (χ2n) is 5.89. The van der Waals surface area contributed by atoms with Crippen molar-refractivity contribution >= 4 is 5.78 Å². The maximum absolute atomic E-state index is 13.9. The number of carbonyl (C=O) groups excluding carboxylic acids is 1. The Labute approximate surface area is 129 Å². The van der Waals surface area contributed by atoms with Crippen LogP contribution >= 0.6 is 0 Å². The van der Waals surface area contributed by atoms with Gasteiger partial charge in [0.25, 0.3) is 0 Å². The molecule has 0 saturated carbocycles. The number of ether oxygens (including phenoxy) is 2. The predicted molar refractivity (Wildman–Crippen MR) is 83.2 cm³/mol. The molecule has 0 aliphatic heterocycles. The van der Waals surface area contributed by atoms with E-state index in [1.54, 1.807) is 30.3 Å². The molecular weight excluding hydrogens is 283 g/mol. The van der Waals surface area contributed by atoms with Crippen LogP contribution in [-0.4, -0.2) is 18.5 Å². The van der Waals surface area contributed by atoms with E-state index in [0.29, 0.717) is 11.3 Å². The fourth-order valence-electron chi connectivity index (χ4n) is 2.07. The van der Waals surface area contributed by atoms with Crippen LogP contribution < -0.4 is 9.47 Å². The highest BCUT2D eigenvalue weighted by Gasteiger charge is 2.19. The average Bonchev–Trinajstić information content (AvgIpc) is 2.45. The molecule has 116 valence electrons. The van der Waals surface area contributed by atoms with E-state index in [0.717, 1.165) is 0 Å². The van der Waals surface area contributed by atoms with Crippen LogP contribution in [0.4, 0.5) is 4.39 Å². The summed E-state index contributed by atoms with van der Waals surface area (Å²) in [6.07, 6.45) is 0. The van der Waals surface area contributed by atoms with E-state index in [1.807, 2.05) is 20.8 Å². The van der Waals surface area contributed by atoms with Crippen molar-refractivity contribution in [3.05, 3.63) is 59.4 Å². The zero-order valence-corrected chi connectivity index (χ0v) is 13.1. The van der Waals surface area contributed by atoms with Gasteiger partial charge in [-0.1, -0.05) is 6.07 Å². The lowest BCUT2D eigenvalue weighted by Crippen LogP contribution is -2.22. The molecule has 0 bridgehead atoms. The quantitative estimate of drug-likeness (QED) is 0.792. The van der Waals surface area contributed by atoms with Gasteiger partial charge in [-0.3, -0.25) is 4.79 Å². The molecular formula is C18H19FO3. The summed E-state index contributed by atoms with van der Waals surface area (Å²) < 4.78 is 24.7. The van der Waals surface area contributed by atoms with Crippen molar-refractivity contribution < 1.29 is 18.7 Å². The van der Waals surface area contributed by atoms with Gasteiger partial charge in [0.15, 0.2) is 5.78 Å². The van der Waals surface area contributed by atoms with Gasteiger partial charge in [0.2, 0.25) is 0 Å². The molecule has 2 rings (SSSR count). The summed E-state index contributed by atoms with van der Waals surface area (Å²) in [7, 11) is 1.41. The number of hydrogen-bond acceptors (Lipinski definition) is 3. The summed E-state index contributed by atoms with van der Waals surface area (Å²) in [5.74, 6) is -0.138. The smallest absolute Gasteiger partial charge is 0.199 e. The monoisotopic (exact) mass is 302 g/mol. The van der Waals surface area contributed by atoms with Gasteiger partial charge in [0.05, 0.1) is 7.11 Å². The minimum Gasteiger partial charge on any atom is -0.496 e. The van der Waals surface area contributed by atoms with Gasteiger partial charge in [0, 0.05) is 5.56 Å². The van der Waals surface area contributed by atoms with E-state index in [1.165, 1.54) is 19.2 Å². The summed E-state index contributed by atoms with van der Waals surface area (Å²) >= 11 is 0. The van der Waals surface area contributed by atoms with Crippen LogP contribution in [-0.2, 0) is 0 Å². The topological polar surface area (TPSA) is 35.5 Å². The predicted octanol–water partition coefficient (Wildman–Crippen LogP) is 4.24. The number of halogens is 1. The molecule has 0 aliphatic rings. The minimum absolute atomic E-state index is 0.0607. The third-order valence-corrected chi connectivity index (χ3v) is 2.96. The molecule has 0 radical (unpaired) electrons. The molecule has 0 saturated heterocycles. The van der Waals surface area contributed by atoms with Gasteiger partial charge in [-0.05, 0) is 57.2 Å². The second kappa shape index (κ2) is 6.18. The Morgan fingerprint density at radius 3 is 2.23 bits per heavy atom. The molecule has 4 heteroatoms. The summed E-state index contributed by atoms with van der Waals surface area (Å²) in [6.45, 7) is 5.82. The van der Waals surface area contributed by atoms with Gasteiger partial charge in [-0.25, -0.2) is 4.39 Å². The molecule has 2 aromatic rings. The number of benzene rings is 2. The van der Waals surface area contributed by atoms with Crippen LogP contribution in [0.1, 0.15) is 36.7 Å². The van der Waals surface area contributed by atoms with Crippen LogP contribution in [0, 0.1) is 5.82 Å². The maximum Gasteiger partial charge on any atom is 0.199 e. The van der Waals surface area contributed by atoms with E-state index in [-0.39, 0.29) is 16.9 Å². The fraction of sp³-hybridized carbons (Fsp3) is 0.278. The lowest BCUT2D eigenvalue weighted by atomic mass is 10.0. The molecule has 0 unspecified atom stereocenters. The van der Waals surface area contributed by atoms with Gasteiger partial charge >= 0.3 is 0 Å². The Kier molecular flexibility index (Phi) is 4.50. The van der Waals surface area contributed by atoms with E-state index >= 15 is 0 Å². The Balaban J connectivity index is 2.31. The summed E-state index contributed by atoms with van der Waals surface area (Å²) in [5.41, 5.74) is -0.000506. The van der Waals surface area contributed by atoms with Crippen LogP contribution in [0.3, 0.4) is 0 Å². The van der Waals surface area contributed by atoms with Crippen molar-refractivity contribution in [2.75, 3.05) is 7.11 Å². The molecule has 0 N–H and O–H groups in total. The molecule has 2 aromatic carbocycles. The van der Waals surface area contributed by atoms with Crippen LogP contribution in [0.2, 0.25) is 0 Å². The van der Waals surface area contributed by atoms with Crippen LogP contribution in [0.5, 0.6) is 11.5 Å². The number of carbonyl (C=O) groups is 1. The second-order valence-corrected chi connectivity index (χ2v) is 5.89. The molecule has 0 fully saturated rings. The van der Waals surface area contributed by atoms with Gasteiger partial charge < -0.3 is 9.47 Å². The van der Waals surface area contributed by atoms with E-state index < -0.39 is 11.6 Å². The third-order valence-electron chi connectivity index (χ3n) is 2.96. The zero-order valence-electron chi connectivity index (χ0n) is 13.1. The Bertz CT molecular complexity index is 670. The van der Waals surface area contributed by atoms with Gasteiger partial charge in [-0.15, -0.1) is 0 Å². The lowest BCUT2D eigenvalue weighted by molar-refractivity contribution is 0.103. The van der Waals surface area contributed by atoms with E-state index in [2.05, 4.69) is 0 Å². The first-order valence-electron chi connectivity index (χ1n) is 6.98. The molecule has 0 aromatic heterocycles. The Hall–Kier alpha value is -2.36. The normalized spacial score (nSPS) is 11.1. The fourth-order valence-corrected chi connectivity index (χ4v) is 2.07. The van der Waals surface area contributed by atoms with Crippen molar-refractivity contribution in [1.82, 2.24) is 0 Å². The first kappa shape index (κ1) is 16.0. The number of methoxy groups -OCH3 is 1. The first-order valence-corrected chi connectivity index (χ1v) is 6.98. The molecule has 22 heavy (non-hydrogen) atoms. The number of rotatable bonds is 4. The molecule has 0 spiro atoms.